The number of hydrogen-bond acceptors (Lipinski definition) is 4. The molecule has 3 rings (SSSR count). The lowest BCUT2D eigenvalue weighted by Crippen LogP contribution is -2.51. The monoisotopic (exact) mass is 342 g/mol. The highest BCUT2D eigenvalue weighted by atomic mass is 16.5. The smallest absolute Gasteiger partial charge is 0.326 e. The number of amides is 2. The van der Waals surface area contributed by atoms with Crippen LogP contribution in [0.2, 0.25) is 0 Å². The SMILES string of the molecule is COC(=O)[C@@]12C=CNC(=O)[C@@H]1[C@@H](c1ccccc1)N(C(C)(C)C)C2=O. The van der Waals surface area contributed by atoms with E-state index in [2.05, 4.69) is 5.32 Å². The summed E-state index contributed by atoms with van der Waals surface area (Å²) < 4.78 is 4.94. The molecular formula is C19H22N2O4. The van der Waals surface area contributed by atoms with Gasteiger partial charge in [0.05, 0.1) is 19.1 Å². The number of fused-ring (bicyclic) bond motifs is 1. The van der Waals surface area contributed by atoms with Crippen LogP contribution in [0.5, 0.6) is 0 Å². The van der Waals surface area contributed by atoms with Gasteiger partial charge in [-0.2, -0.15) is 0 Å². The van der Waals surface area contributed by atoms with Crippen LogP contribution in [0.3, 0.4) is 0 Å². The molecule has 132 valence electrons. The highest BCUT2D eigenvalue weighted by Gasteiger charge is 2.68. The standard InChI is InChI=1S/C19H22N2O4/c1-18(2,3)21-14(12-8-6-5-7-9-12)13-15(22)20-11-10-19(13,16(21)23)17(24)25-4/h5-11,13-14H,1-4H3,(H,20,22)/t13-,14+,19-/m0/s1. The van der Waals surface area contributed by atoms with Crippen molar-refractivity contribution in [3.8, 4) is 0 Å². The van der Waals surface area contributed by atoms with Crippen molar-refractivity contribution in [2.45, 2.75) is 32.4 Å². The van der Waals surface area contributed by atoms with Gasteiger partial charge in [0.2, 0.25) is 11.8 Å². The summed E-state index contributed by atoms with van der Waals surface area (Å²) in [5.41, 5.74) is -1.40. The van der Waals surface area contributed by atoms with E-state index in [1.807, 2.05) is 51.1 Å². The van der Waals surface area contributed by atoms with Crippen molar-refractivity contribution in [2.24, 2.45) is 11.3 Å². The van der Waals surface area contributed by atoms with Gasteiger partial charge in [-0.05, 0) is 32.4 Å². The topological polar surface area (TPSA) is 75.7 Å². The molecule has 6 heteroatoms. The number of carbonyl (C=O) groups excluding carboxylic acids is 3. The van der Waals surface area contributed by atoms with E-state index in [4.69, 9.17) is 4.74 Å². The lowest BCUT2D eigenvalue weighted by molar-refractivity contribution is -0.160. The molecule has 1 fully saturated rings. The Balaban J connectivity index is 2.28. The van der Waals surface area contributed by atoms with E-state index < -0.39 is 34.8 Å². The summed E-state index contributed by atoms with van der Waals surface area (Å²) >= 11 is 0. The zero-order valence-corrected chi connectivity index (χ0v) is 14.8. The Kier molecular flexibility index (Phi) is 3.94. The van der Waals surface area contributed by atoms with Gasteiger partial charge < -0.3 is 15.0 Å². The number of nitrogens with zero attached hydrogens (tertiary/aromatic N) is 1. The van der Waals surface area contributed by atoms with Gasteiger partial charge in [0.15, 0.2) is 5.41 Å². The van der Waals surface area contributed by atoms with Crippen molar-refractivity contribution in [3.63, 3.8) is 0 Å². The summed E-state index contributed by atoms with van der Waals surface area (Å²) in [6.45, 7) is 5.68. The largest absolute Gasteiger partial charge is 0.468 e. The Morgan fingerprint density at radius 1 is 1.20 bits per heavy atom. The van der Waals surface area contributed by atoms with Gasteiger partial charge in [-0.25, -0.2) is 0 Å². The lowest BCUT2D eigenvalue weighted by atomic mass is 9.71. The highest BCUT2D eigenvalue weighted by molar-refractivity contribution is 6.12. The van der Waals surface area contributed by atoms with E-state index >= 15 is 0 Å². The average molecular weight is 342 g/mol. The molecule has 0 unspecified atom stereocenters. The van der Waals surface area contributed by atoms with Gasteiger partial charge in [-0.1, -0.05) is 30.3 Å². The number of benzene rings is 1. The summed E-state index contributed by atoms with van der Waals surface area (Å²) in [5, 5.41) is 2.64. The third-order valence-electron chi connectivity index (χ3n) is 4.90. The summed E-state index contributed by atoms with van der Waals surface area (Å²) in [6, 6.07) is 8.77. The fraction of sp³-hybridized carbons (Fsp3) is 0.421. The molecular weight excluding hydrogens is 320 g/mol. The fourth-order valence-electron chi connectivity index (χ4n) is 3.89. The number of methoxy groups -OCH3 is 1. The number of esters is 1. The molecule has 2 aliphatic heterocycles. The van der Waals surface area contributed by atoms with Crippen LogP contribution in [0, 0.1) is 11.3 Å². The molecule has 2 heterocycles. The molecule has 0 saturated carbocycles. The third-order valence-corrected chi connectivity index (χ3v) is 4.90. The van der Waals surface area contributed by atoms with Crippen LogP contribution in [0.4, 0.5) is 0 Å². The van der Waals surface area contributed by atoms with Crippen LogP contribution in [0.25, 0.3) is 0 Å². The van der Waals surface area contributed by atoms with Crippen LogP contribution in [0.1, 0.15) is 32.4 Å². The minimum atomic E-state index is -1.63. The van der Waals surface area contributed by atoms with Gasteiger partial charge in [-0.3, -0.25) is 14.4 Å². The minimum Gasteiger partial charge on any atom is -0.468 e. The summed E-state index contributed by atoms with van der Waals surface area (Å²) in [4.78, 5) is 40.5. The Hall–Kier alpha value is -2.63. The fourth-order valence-corrected chi connectivity index (χ4v) is 3.89. The maximum Gasteiger partial charge on any atom is 0.326 e. The van der Waals surface area contributed by atoms with Crippen molar-refractivity contribution >= 4 is 17.8 Å². The molecule has 3 atom stereocenters. The molecule has 2 amide bonds. The molecule has 0 aromatic heterocycles. The molecule has 0 spiro atoms. The molecule has 2 aliphatic rings. The van der Waals surface area contributed by atoms with Crippen molar-refractivity contribution in [3.05, 3.63) is 48.2 Å². The molecule has 1 aromatic rings. The molecule has 6 nitrogen and oxygen atoms in total. The van der Waals surface area contributed by atoms with E-state index in [0.717, 1.165) is 5.56 Å². The molecule has 25 heavy (non-hydrogen) atoms. The second kappa shape index (κ2) is 5.72. The quantitative estimate of drug-likeness (QED) is 0.657. The molecule has 1 N–H and O–H groups in total. The van der Waals surface area contributed by atoms with Crippen molar-refractivity contribution in [1.82, 2.24) is 10.2 Å². The molecule has 0 aliphatic carbocycles. The Morgan fingerprint density at radius 3 is 2.40 bits per heavy atom. The summed E-state index contributed by atoms with van der Waals surface area (Å²) in [7, 11) is 1.24. The third kappa shape index (κ3) is 2.35. The number of nitrogens with one attached hydrogen (secondary N) is 1. The molecule has 1 aromatic carbocycles. The van der Waals surface area contributed by atoms with E-state index in [1.165, 1.54) is 19.4 Å². The van der Waals surface area contributed by atoms with Crippen LogP contribution >= 0.6 is 0 Å². The summed E-state index contributed by atoms with van der Waals surface area (Å²) in [6.07, 6.45) is 2.83. The van der Waals surface area contributed by atoms with Gasteiger partial charge in [-0.15, -0.1) is 0 Å². The average Bonchev–Trinajstić information content (AvgIpc) is 2.86. The Labute approximate surface area is 146 Å². The Morgan fingerprint density at radius 2 is 1.84 bits per heavy atom. The zero-order valence-electron chi connectivity index (χ0n) is 14.8. The maximum absolute atomic E-state index is 13.4. The van der Waals surface area contributed by atoms with E-state index in [0.29, 0.717) is 0 Å². The number of hydrogen-bond donors (Lipinski definition) is 1. The maximum atomic E-state index is 13.4. The van der Waals surface area contributed by atoms with Crippen molar-refractivity contribution < 1.29 is 19.1 Å². The number of carbonyl (C=O) groups is 3. The highest BCUT2D eigenvalue weighted by Crippen LogP contribution is 2.54. The Bertz CT molecular complexity index is 750. The lowest BCUT2D eigenvalue weighted by Gasteiger charge is -2.38. The predicted octanol–water partition coefficient (Wildman–Crippen LogP) is 1.79. The van der Waals surface area contributed by atoms with E-state index in [9.17, 15) is 14.4 Å². The molecule has 0 radical (unpaired) electrons. The van der Waals surface area contributed by atoms with E-state index in [1.54, 1.807) is 4.90 Å². The first kappa shape index (κ1) is 17.2. The van der Waals surface area contributed by atoms with Gasteiger partial charge in [0, 0.05) is 11.7 Å². The zero-order chi connectivity index (χ0) is 18.4. The first-order valence-corrected chi connectivity index (χ1v) is 8.20. The minimum absolute atomic E-state index is 0.359. The normalized spacial score (nSPS) is 28.6. The number of likely N-dealkylation sites (tertiary alicyclic amines) is 1. The first-order valence-electron chi connectivity index (χ1n) is 8.20. The number of rotatable bonds is 2. The molecule has 0 bridgehead atoms. The van der Waals surface area contributed by atoms with Crippen LogP contribution in [-0.4, -0.2) is 35.3 Å². The van der Waals surface area contributed by atoms with Gasteiger partial charge >= 0.3 is 5.97 Å². The van der Waals surface area contributed by atoms with Crippen LogP contribution < -0.4 is 5.32 Å². The predicted molar refractivity (Wildman–Crippen MR) is 91.0 cm³/mol. The second-order valence-corrected chi connectivity index (χ2v) is 7.38. The van der Waals surface area contributed by atoms with Crippen molar-refractivity contribution in [2.75, 3.05) is 7.11 Å². The van der Waals surface area contributed by atoms with Gasteiger partial charge in [0.25, 0.3) is 0 Å². The number of ether oxygens (including phenoxy) is 1. The van der Waals surface area contributed by atoms with Gasteiger partial charge in [0.1, 0.15) is 0 Å². The first-order chi connectivity index (χ1) is 11.7. The second-order valence-electron chi connectivity index (χ2n) is 7.38. The van der Waals surface area contributed by atoms with Crippen LogP contribution in [0.15, 0.2) is 42.6 Å². The van der Waals surface area contributed by atoms with E-state index in [-0.39, 0.29) is 5.91 Å². The molecule has 1 saturated heterocycles. The van der Waals surface area contributed by atoms with Crippen molar-refractivity contribution in [1.29, 1.82) is 0 Å². The summed E-state index contributed by atoms with van der Waals surface area (Å²) in [5.74, 6) is -2.36. The van der Waals surface area contributed by atoms with Crippen LogP contribution in [-0.2, 0) is 19.1 Å².